The summed E-state index contributed by atoms with van der Waals surface area (Å²) >= 11 is 0. The number of carbonyl (C=O) groups excluding carboxylic acids is 1. The van der Waals surface area contributed by atoms with E-state index in [0.717, 1.165) is 39.0 Å². The van der Waals surface area contributed by atoms with Gasteiger partial charge < -0.3 is 4.90 Å². The van der Waals surface area contributed by atoms with Gasteiger partial charge in [-0.25, -0.2) is 4.72 Å². The molecule has 22 heavy (non-hydrogen) atoms. The quantitative estimate of drug-likeness (QED) is 0.751. The Labute approximate surface area is 133 Å². The SMILES string of the molecule is CC(=O)N1CCN(CCNS(=O)(=O)N2CCC[C@@H](C)C2)CC1. The summed E-state index contributed by atoms with van der Waals surface area (Å²) in [7, 11) is -3.35. The van der Waals surface area contributed by atoms with Crippen molar-refractivity contribution in [2.24, 2.45) is 5.92 Å². The molecular weight excluding hydrogens is 304 g/mol. The summed E-state index contributed by atoms with van der Waals surface area (Å²) in [5.41, 5.74) is 0. The van der Waals surface area contributed by atoms with Gasteiger partial charge in [0.05, 0.1) is 0 Å². The number of amides is 1. The Morgan fingerprint density at radius 3 is 2.45 bits per heavy atom. The summed E-state index contributed by atoms with van der Waals surface area (Å²) in [5, 5.41) is 0. The second-order valence-corrected chi connectivity index (χ2v) is 8.11. The fraction of sp³-hybridized carbons (Fsp3) is 0.929. The summed E-state index contributed by atoms with van der Waals surface area (Å²) in [6.45, 7) is 9.10. The van der Waals surface area contributed by atoms with Crippen molar-refractivity contribution in [3.05, 3.63) is 0 Å². The van der Waals surface area contributed by atoms with E-state index in [9.17, 15) is 13.2 Å². The van der Waals surface area contributed by atoms with Crippen molar-refractivity contribution in [1.82, 2.24) is 18.8 Å². The lowest BCUT2D eigenvalue weighted by molar-refractivity contribution is -0.130. The third-order valence-electron chi connectivity index (χ3n) is 4.49. The summed E-state index contributed by atoms with van der Waals surface area (Å²) < 4.78 is 28.8. The highest BCUT2D eigenvalue weighted by Crippen LogP contribution is 2.17. The molecule has 0 aromatic carbocycles. The smallest absolute Gasteiger partial charge is 0.279 e. The van der Waals surface area contributed by atoms with Crippen molar-refractivity contribution < 1.29 is 13.2 Å². The fourth-order valence-electron chi connectivity index (χ4n) is 3.08. The van der Waals surface area contributed by atoms with Crippen LogP contribution in [0.25, 0.3) is 0 Å². The predicted octanol–water partition coefficient (Wildman–Crippen LogP) is -0.283. The molecule has 0 radical (unpaired) electrons. The molecule has 0 bridgehead atoms. The Bertz CT molecular complexity index is 474. The minimum Gasteiger partial charge on any atom is -0.340 e. The molecule has 1 atom stereocenters. The average Bonchev–Trinajstić information content (AvgIpc) is 2.47. The van der Waals surface area contributed by atoms with Gasteiger partial charge in [0.15, 0.2) is 0 Å². The molecule has 2 aliphatic rings. The van der Waals surface area contributed by atoms with Gasteiger partial charge in [-0.1, -0.05) is 6.92 Å². The van der Waals surface area contributed by atoms with Crippen LogP contribution in [0.1, 0.15) is 26.7 Å². The molecule has 0 aromatic heterocycles. The maximum Gasteiger partial charge on any atom is 0.279 e. The largest absolute Gasteiger partial charge is 0.340 e. The normalized spacial score (nSPS) is 25.4. The van der Waals surface area contributed by atoms with Crippen LogP contribution >= 0.6 is 0 Å². The van der Waals surface area contributed by atoms with Crippen molar-refractivity contribution in [2.45, 2.75) is 26.7 Å². The Kier molecular flexibility index (Phi) is 6.19. The first-order valence-electron chi connectivity index (χ1n) is 8.11. The number of piperidine rings is 1. The topological polar surface area (TPSA) is 73.0 Å². The first-order chi connectivity index (χ1) is 10.4. The molecule has 0 aromatic rings. The van der Waals surface area contributed by atoms with Gasteiger partial charge in [0.2, 0.25) is 5.91 Å². The zero-order valence-corrected chi connectivity index (χ0v) is 14.4. The summed E-state index contributed by atoms with van der Waals surface area (Å²) in [6, 6.07) is 0. The maximum atomic E-state index is 12.3. The Morgan fingerprint density at radius 2 is 1.86 bits per heavy atom. The standard InChI is InChI=1S/C14H28N4O3S/c1-13-4-3-6-18(12-13)22(20,21)15-5-7-16-8-10-17(11-9-16)14(2)19/h13,15H,3-12H2,1-2H3/t13-/m1/s1. The average molecular weight is 332 g/mol. The van der Waals surface area contributed by atoms with Gasteiger partial charge in [0.25, 0.3) is 10.2 Å². The van der Waals surface area contributed by atoms with E-state index < -0.39 is 10.2 Å². The van der Waals surface area contributed by atoms with E-state index in [1.165, 1.54) is 0 Å². The third kappa shape index (κ3) is 4.91. The third-order valence-corrected chi connectivity index (χ3v) is 6.07. The Morgan fingerprint density at radius 1 is 1.18 bits per heavy atom. The second-order valence-electron chi connectivity index (χ2n) is 6.35. The van der Waals surface area contributed by atoms with Gasteiger partial charge in [-0.3, -0.25) is 9.69 Å². The first kappa shape index (κ1) is 17.7. The van der Waals surface area contributed by atoms with Crippen LogP contribution in [0, 0.1) is 5.92 Å². The van der Waals surface area contributed by atoms with Crippen LogP contribution in [0.5, 0.6) is 0 Å². The van der Waals surface area contributed by atoms with E-state index >= 15 is 0 Å². The van der Waals surface area contributed by atoms with Crippen molar-refractivity contribution in [3.8, 4) is 0 Å². The van der Waals surface area contributed by atoms with Crippen LogP contribution in [-0.2, 0) is 15.0 Å². The lowest BCUT2D eigenvalue weighted by atomic mass is 10.0. The molecule has 128 valence electrons. The monoisotopic (exact) mass is 332 g/mol. The first-order valence-corrected chi connectivity index (χ1v) is 9.55. The van der Waals surface area contributed by atoms with E-state index in [2.05, 4.69) is 16.5 Å². The molecule has 0 aliphatic carbocycles. The van der Waals surface area contributed by atoms with Crippen molar-refractivity contribution in [3.63, 3.8) is 0 Å². The number of nitrogens with one attached hydrogen (secondary N) is 1. The number of carbonyl (C=O) groups is 1. The lowest BCUT2D eigenvalue weighted by Gasteiger charge is -2.34. The van der Waals surface area contributed by atoms with Crippen LogP contribution in [0.15, 0.2) is 0 Å². The molecule has 2 rings (SSSR count). The summed E-state index contributed by atoms with van der Waals surface area (Å²) in [4.78, 5) is 15.3. The number of nitrogens with zero attached hydrogens (tertiary/aromatic N) is 3. The zero-order chi connectivity index (χ0) is 16.2. The molecule has 0 unspecified atom stereocenters. The van der Waals surface area contributed by atoms with E-state index in [0.29, 0.717) is 32.1 Å². The van der Waals surface area contributed by atoms with Gasteiger partial charge in [-0.2, -0.15) is 12.7 Å². The number of piperazine rings is 1. The van der Waals surface area contributed by atoms with Crippen molar-refractivity contribution >= 4 is 16.1 Å². The van der Waals surface area contributed by atoms with Crippen LogP contribution < -0.4 is 4.72 Å². The molecule has 7 nitrogen and oxygen atoms in total. The van der Waals surface area contributed by atoms with Crippen molar-refractivity contribution in [2.75, 3.05) is 52.4 Å². The van der Waals surface area contributed by atoms with Gasteiger partial charge in [-0.05, 0) is 18.8 Å². The fourth-order valence-corrected chi connectivity index (χ4v) is 4.43. The van der Waals surface area contributed by atoms with Crippen molar-refractivity contribution in [1.29, 1.82) is 0 Å². The lowest BCUT2D eigenvalue weighted by Crippen LogP contribution is -2.51. The maximum absolute atomic E-state index is 12.3. The van der Waals surface area contributed by atoms with Crippen LogP contribution in [0.3, 0.4) is 0 Å². The summed E-state index contributed by atoms with van der Waals surface area (Å²) in [5.74, 6) is 0.546. The van der Waals surface area contributed by atoms with Crippen LogP contribution in [0.4, 0.5) is 0 Å². The van der Waals surface area contributed by atoms with Gasteiger partial charge in [-0.15, -0.1) is 0 Å². The number of rotatable bonds is 5. The second kappa shape index (κ2) is 7.72. The molecular formula is C14H28N4O3S. The Hall–Kier alpha value is -0.700. The van der Waals surface area contributed by atoms with Gasteiger partial charge >= 0.3 is 0 Å². The molecule has 8 heteroatoms. The predicted molar refractivity (Wildman–Crippen MR) is 85.6 cm³/mol. The van der Waals surface area contributed by atoms with E-state index in [4.69, 9.17) is 0 Å². The number of hydrogen-bond donors (Lipinski definition) is 1. The molecule has 2 aliphatic heterocycles. The molecule has 0 saturated carbocycles. The van der Waals surface area contributed by atoms with Crippen LogP contribution in [0.2, 0.25) is 0 Å². The van der Waals surface area contributed by atoms with E-state index in [-0.39, 0.29) is 5.91 Å². The molecule has 2 saturated heterocycles. The Balaban J connectivity index is 1.71. The highest BCUT2D eigenvalue weighted by Gasteiger charge is 2.27. The van der Waals surface area contributed by atoms with Gasteiger partial charge in [0.1, 0.15) is 0 Å². The highest BCUT2D eigenvalue weighted by molar-refractivity contribution is 7.87. The van der Waals surface area contributed by atoms with Crippen LogP contribution in [-0.4, -0.2) is 80.8 Å². The molecule has 1 N–H and O–H groups in total. The van der Waals surface area contributed by atoms with Gasteiger partial charge in [0, 0.05) is 59.3 Å². The molecule has 1 amide bonds. The van der Waals surface area contributed by atoms with E-state index in [1.807, 2.05) is 4.90 Å². The highest BCUT2D eigenvalue weighted by atomic mass is 32.2. The zero-order valence-electron chi connectivity index (χ0n) is 13.6. The minimum absolute atomic E-state index is 0.111. The molecule has 0 spiro atoms. The molecule has 2 fully saturated rings. The minimum atomic E-state index is -3.35. The number of hydrogen-bond acceptors (Lipinski definition) is 4. The summed E-state index contributed by atoms with van der Waals surface area (Å²) in [6.07, 6.45) is 2.04. The molecule has 2 heterocycles. The van der Waals surface area contributed by atoms with E-state index in [1.54, 1.807) is 11.2 Å².